The molecule has 0 aliphatic carbocycles. The van der Waals surface area contributed by atoms with E-state index in [4.69, 9.17) is 19.4 Å². The molecule has 9 rings (SSSR count). The van der Waals surface area contributed by atoms with E-state index in [1.807, 2.05) is 48.2 Å². The third-order valence-corrected chi connectivity index (χ3v) is 11.2. The number of fused-ring (bicyclic) bond motifs is 6. The fourth-order valence-electron chi connectivity index (χ4n) is 6.10. The van der Waals surface area contributed by atoms with Crippen molar-refractivity contribution in [1.82, 2.24) is 9.97 Å². The molecule has 0 unspecified atom stereocenters. The van der Waals surface area contributed by atoms with Crippen molar-refractivity contribution < 1.29 is 9.47 Å². The fraction of sp³-hybridized carbons (Fsp3) is 0.0500. The summed E-state index contributed by atoms with van der Waals surface area (Å²) in [5.41, 5.74) is 6.48. The zero-order valence-electron chi connectivity index (χ0n) is 25.5. The van der Waals surface area contributed by atoms with Crippen LogP contribution in [0.4, 0.5) is 0 Å². The van der Waals surface area contributed by atoms with Gasteiger partial charge >= 0.3 is 0 Å². The van der Waals surface area contributed by atoms with E-state index in [9.17, 15) is 0 Å². The molecule has 228 valence electrons. The highest BCUT2D eigenvalue weighted by molar-refractivity contribution is 9.10. The number of rotatable bonds is 4. The molecule has 0 bridgehead atoms. The largest absolute Gasteiger partial charge is 0.497 e. The van der Waals surface area contributed by atoms with E-state index < -0.39 is 0 Å². The van der Waals surface area contributed by atoms with E-state index in [1.165, 1.54) is 36.6 Å². The van der Waals surface area contributed by atoms with Gasteiger partial charge in [0, 0.05) is 51.2 Å². The molecular weight excluding hydrogens is 684 g/mol. The van der Waals surface area contributed by atoms with E-state index in [0.717, 1.165) is 53.7 Å². The summed E-state index contributed by atoms with van der Waals surface area (Å²) in [5, 5.41) is 4.74. The lowest BCUT2D eigenvalue weighted by atomic mass is 9.97. The van der Waals surface area contributed by atoms with Gasteiger partial charge in [-0.05, 0) is 66.2 Å². The average molecular weight is 712 g/mol. The SMILES string of the molecule is COc1cccc(Sc2c3ccccc3nc3cccc(Br)c23)c1.COc1cccc2c1-c1cccc3nc4ccccc4c(c13)S2. The highest BCUT2D eigenvalue weighted by Crippen LogP contribution is 2.52. The Kier molecular flexibility index (Phi) is 7.97. The van der Waals surface area contributed by atoms with Gasteiger partial charge in [-0.1, -0.05) is 106 Å². The molecule has 47 heavy (non-hydrogen) atoms. The number of pyridine rings is 2. The number of halogens is 1. The Labute approximate surface area is 289 Å². The van der Waals surface area contributed by atoms with E-state index in [1.54, 1.807) is 26.0 Å². The minimum atomic E-state index is 0.863. The molecule has 0 N–H and O–H groups in total. The highest BCUT2D eigenvalue weighted by Gasteiger charge is 2.24. The minimum absolute atomic E-state index is 0.863. The Balaban J connectivity index is 0.000000138. The molecule has 2 aromatic heterocycles. The molecule has 0 saturated heterocycles. The van der Waals surface area contributed by atoms with Gasteiger partial charge in [-0.25, -0.2) is 9.97 Å². The Morgan fingerprint density at radius 1 is 0.617 bits per heavy atom. The molecular formula is C40H27BrN2O2S2. The summed E-state index contributed by atoms with van der Waals surface area (Å²) in [6.07, 6.45) is 0. The Morgan fingerprint density at radius 3 is 2.06 bits per heavy atom. The zero-order chi connectivity index (χ0) is 31.9. The van der Waals surface area contributed by atoms with Gasteiger partial charge in [0.2, 0.25) is 0 Å². The van der Waals surface area contributed by atoms with Crippen LogP contribution in [0.3, 0.4) is 0 Å². The number of hydrogen-bond acceptors (Lipinski definition) is 6. The van der Waals surface area contributed by atoms with Crippen molar-refractivity contribution in [2.24, 2.45) is 0 Å². The molecule has 7 heteroatoms. The number of nitrogens with zero attached hydrogens (tertiary/aromatic N) is 2. The van der Waals surface area contributed by atoms with Crippen molar-refractivity contribution in [3.05, 3.63) is 132 Å². The standard InChI is InChI=1S/C20H14BrNOS.C20H13NOS/c1-23-13-6-4-7-14(12-13)24-20-15-8-2-3-10-17(15)22-18-11-5-9-16(21)19(18)20;1-22-16-10-5-11-17-19(16)13-7-4-9-15-18(13)20(23-17)12-6-2-3-8-14(12)21-15/h2-12H,1H3;2-11H,1H3. The average Bonchev–Trinajstić information content (AvgIpc) is 3.11. The number of benzene rings is 6. The van der Waals surface area contributed by atoms with Crippen LogP contribution in [0.1, 0.15) is 0 Å². The van der Waals surface area contributed by atoms with Gasteiger partial charge in [-0.15, -0.1) is 0 Å². The predicted octanol–water partition coefficient (Wildman–Crippen LogP) is 11.8. The zero-order valence-corrected chi connectivity index (χ0v) is 28.7. The van der Waals surface area contributed by atoms with E-state index in [2.05, 4.69) is 107 Å². The molecule has 0 atom stereocenters. The molecule has 0 amide bonds. The molecule has 0 saturated carbocycles. The van der Waals surface area contributed by atoms with Gasteiger partial charge in [0.15, 0.2) is 0 Å². The summed E-state index contributed by atoms with van der Waals surface area (Å²) < 4.78 is 12.0. The first kappa shape index (κ1) is 29.8. The molecule has 1 aliphatic rings. The van der Waals surface area contributed by atoms with Gasteiger partial charge in [-0.2, -0.15) is 0 Å². The highest BCUT2D eigenvalue weighted by atomic mass is 79.9. The summed E-state index contributed by atoms with van der Waals surface area (Å²) in [7, 11) is 3.42. The van der Waals surface area contributed by atoms with E-state index in [-0.39, 0.29) is 0 Å². The van der Waals surface area contributed by atoms with Crippen LogP contribution < -0.4 is 9.47 Å². The topological polar surface area (TPSA) is 44.2 Å². The number of hydrogen-bond donors (Lipinski definition) is 0. The summed E-state index contributed by atoms with van der Waals surface area (Å²) in [6, 6.07) is 43.5. The second-order valence-corrected chi connectivity index (χ2v) is 14.0. The Morgan fingerprint density at radius 2 is 1.28 bits per heavy atom. The maximum absolute atomic E-state index is 5.61. The summed E-state index contributed by atoms with van der Waals surface area (Å²) in [6.45, 7) is 0. The first-order valence-corrected chi connectivity index (χ1v) is 17.5. The van der Waals surface area contributed by atoms with Crippen LogP contribution in [0, 0.1) is 0 Å². The van der Waals surface area contributed by atoms with Crippen LogP contribution in [-0.2, 0) is 0 Å². The first-order chi connectivity index (χ1) is 23.1. The lowest BCUT2D eigenvalue weighted by molar-refractivity contribution is 0.413. The first-order valence-electron chi connectivity index (χ1n) is 15.1. The van der Waals surface area contributed by atoms with Crippen LogP contribution in [-0.4, -0.2) is 24.2 Å². The molecule has 8 aromatic rings. The monoisotopic (exact) mass is 710 g/mol. The second kappa shape index (κ2) is 12.6. The summed E-state index contributed by atoms with van der Waals surface area (Å²) >= 11 is 7.25. The molecule has 4 nitrogen and oxygen atoms in total. The molecule has 1 aliphatic heterocycles. The van der Waals surface area contributed by atoms with Gasteiger partial charge in [0.25, 0.3) is 0 Å². The van der Waals surface area contributed by atoms with Crippen molar-refractivity contribution in [3.8, 4) is 22.6 Å². The van der Waals surface area contributed by atoms with Crippen LogP contribution in [0.5, 0.6) is 11.5 Å². The molecule has 0 fully saturated rings. The maximum Gasteiger partial charge on any atom is 0.127 e. The van der Waals surface area contributed by atoms with E-state index in [0.29, 0.717) is 0 Å². The third kappa shape index (κ3) is 5.38. The van der Waals surface area contributed by atoms with Crippen molar-refractivity contribution in [1.29, 1.82) is 0 Å². The lowest BCUT2D eigenvalue weighted by Crippen LogP contribution is -1.98. The van der Waals surface area contributed by atoms with Crippen molar-refractivity contribution in [3.63, 3.8) is 0 Å². The van der Waals surface area contributed by atoms with Crippen LogP contribution >= 0.6 is 39.5 Å². The quantitative estimate of drug-likeness (QED) is 0.169. The van der Waals surface area contributed by atoms with Crippen molar-refractivity contribution >= 4 is 83.1 Å². The van der Waals surface area contributed by atoms with Crippen LogP contribution in [0.25, 0.3) is 54.7 Å². The smallest absolute Gasteiger partial charge is 0.127 e. The van der Waals surface area contributed by atoms with Gasteiger partial charge < -0.3 is 9.47 Å². The Hall–Kier alpha value is -4.56. The van der Waals surface area contributed by atoms with Crippen LogP contribution in [0.15, 0.2) is 151 Å². The normalized spacial score (nSPS) is 11.7. The van der Waals surface area contributed by atoms with Gasteiger partial charge in [-0.3, -0.25) is 0 Å². The minimum Gasteiger partial charge on any atom is -0.497 e. The van der Waals surface area contributed by atoms with Crippen molar-refractivity contribution in [2.45, 2.75) is 19.6 Å². The van der Waals surface area contributed by atoms with Gasteiger partial charge in [0.05, 0.1) is 36.3 Å². The number of para-hydroxylation sites is 2. The van der Waals surface area contributed by atoms with Crippen molar-refractivity contribution in [2.75, 3.05) is 14.2 Å². The number of aromatic nitrogens is 2. The molecule has 6 aromatic carbocycles. The summed E-state index contributed by atoms with van der Waals surface area (Å²) in [4.78, 5) is 14.5. The molecule has 0 radical (unpaired) electrons. The third-order valence-electron chi connectivity index (χ3n) is 8.22. The second-order valence-electron chi connectivity index (χ2n) is 11.0. The lowest BCUT2D eigenvalue weighted by Gasteiger charge is -2.23. The molecule has 0 spiro atoms. The number of ether oxygens (including phenoxy) is 2. The van der Waals surface area contributed by atoms with Crippen LogP contribution in [0.2, 0.25) is 0 Å². The van der Waals surface area contributed by atoms with E-state index >= 15 is 0 Å². The fourth-order valence-corrected chi connectivity index (χ4v) is 9.22. The van der Waals surface area contributed by atoms with Gasteiger partial charge in [0.1, 0.15) is 11.5 Å². The summed E-state index contributed by atoms with van der Waals surface area (Å²) in [5.74, 6) is 1.78. The maximum atomic E-state index is 5.61. The Bertz CT molecular complexity index is 2480. The number of methoxy groups -OCH3 is 2. The predicted molar refractivity (Wildman–Crippen MR) is 199 cm³/mol. The molecule has 3 heterocycles.